The van der Waals surface area contributed by atoms with Crippen LogP contribution >= 0.6 is 0 Å². The fourth-order valence-corrected chi connectivity index (χ4v) is 2.45. The number of rotatable bonds is 4. The van der Waals surface area contributed by atoms with Gasteiger partial charge in [-0.1, -0.05) is 30.3 Å². The topological polar surface area (TPSA) is 55.6 Å². The quantitative estimate of drug-likeness (QED) is 0.896. The summed E-state index contributed by atoms with van der Waals surface area (Å²) in [5.74, 6) is 0.517. The molecule has 4 nitrogen and oxygen atoms in total. The first-order valence-electron chi connectivity index (χ1n) is 6.81. The van der Waals surface area contributed by atoms with Crippen LogP contribution in [0.3, 0.4) is 0 Å². The van der Waals surface area contributed by atoms with Crippen LogP contribution in [0.1, 0.15) is 24.4 Å². The molecule has 1 amide bonds. The fourth-order valence-electron chi connectivity index (χ4n) is 2.45. The average molecular weight is 262 g/mol. The van der Waals surface area contributed by atoms with E-state index in [1.54, 1.807) is 4.90 Å². The molecule has 1 fully saturated rings. The number of carbonyl (C=O) groups excluding carboxylic acids is 1. The number of benzene rings is 1. The van der Waals surface area contributed by atoms with Crippen LogP contribution in [0.5, 0.6) is 0 Å². The number of hydrogen-bond acceptors (Lipinski definition) is 3. The molecule has 2 rings (SSSR count). The fraction of sp³-hybridized carbons (Fsp3) is 0.533. The standard InChI is InChI=1S/C15H22N2O2/c1-17(11-12-7-9-19-10-8-12)15(18)14(16)13-5-3-2-4-6-13/h2-6,12,14H,7-11,16H2,1H3/t14-/m1/s1. The zero-order valence-corrected chi connectivity index (χ0v) is 11.4. The van der Waals surface area contributed by atoms with E-state index < -0.39 is 6.04 Å². The molecule has 0 aliphatic carbocycles. The molecule has 0 radical (unpaired) electrons. The molecule has 1 aromatic rings. The molecule has 0 unspecified atom stereocenters. The highest BCUT2D eigenvalue weighted by atomic mass is 16.5. The Morgan fingerprint density at radius 1 is 1.37 bits per heavy atom. The maximum Gasteiger partial charge on any atom is 0.243 e. The highest BCUT2D eigenvalue weighted by molar-refractivity contribution is 5.82. The molecule has 1 saturated heterocycles. The van der Waals surface area contributed by atoms with Crippen molar-refractivity contribution in [1.82, 2.24) is 4.90 Å². The summed E-state index contributed by atoms with van der Waals surface area (Å²) in [4.78, 5) is 14.0. The van der Waals surface area contributed by atoms with Crippen LogP contribution in [-0.2, 0) is 9.53 Å². The number of nitrogens with zero attached hydrogens (tertiary/aromatic N) is 1. The highest BCUT2D eigenvalue weighted by Gasteiger charge is 2.23. The zero-order chi connectivity index (χ0) is 13.7. The van der Waals surface area contributed by atoms with Gasteiger partial charge in [0.1, 0.15) is 6.04 Å². The summed E-state index contributed by atoms with van der Waals surface area (Å²) in [5, 5.41) is 0. The van der Waals surface area contributed by atoms with Gasteiger partial charge in [-0.2, -0.15) is 0 Å². The van der Waals surface area contributed by atoms with Crippen LogP contribution in [0.15, 0.2) is 30.3 Å². The lowest BCUT2D eigenvalue weighted by molar-refractivity contribution is -0.132. The minimum absolute atomic E-state index is 0.0160. The van der Waals surface area contributed by atoms with E-state index in [1.807, 2.05) is 37.4 Å². The minimum Gasteiger partial charge on any atom is -0.381 e. The second-order valence-corrected chi connectivity index (χ2v) is 5.16. The van der Waals surface area contributed by atoms with Gasteiger partial charge < -0.3 is 15.4 Å². The van der Waals surface area contributed by atoms with E-state index in [9.17, 15) is 4.79 Å². The van der Waals surface area contributed by atoms with Gasteiger partial charge in [-0.25, -0.2) is 0 Å². The van der Waals surface area contributed by atoms with Crippen LogP contribution in [0.25, 0.3) is 0 Å². The predicted molar refractivity (Wildman–Crippen MR) is 74.6 cm³/mol. The smallest absolute Gasteiger partial charge is 0.243 e. The second-order valence-electron chi connectivity index (χ2n) is 5.16. The number of hydrogen-bond donors (Lipinski definition) is 1. The molecular formula is C15H22N2O2. The molecule has 0 spiro atoms. The first kappa shape index (κ1) is 14.0. The van der Waals surface area contributed by atoms with Crippen molar-refractivity contribution in [2.75, 3.05) is 26.8 Å². The largest absolute Gasteiger partial charge is 0.381 e. The Kier molecular flexibility index (Phi) is 4.93. The van der Waals surface area contributed by atoms with Crippen molar-refractivity contribution in [1.29, 1.82) is 0 Å². The molecule has 104 valence electrons. The third kappa shape index (κ3) is 3.78. The number of likely N-dealkylation sites (N-methyl/N-ethyl adjacent to an activating group) is 1. The van der Waals surface area contributed by atoms with Crippen molar-refractivity contribution >= 4 is 5.91 Å². The van der Waals surface area contributed by atoms with E-state index in [4.69, 9.17) is 10.5 Å². The molecule has 1 aromatic carbocycles. The van der Waals surface area contributed by atoms with Crippen molar-refractivity contribution in [3.8, 4) is 0 Å². The van der Waals surface area contributed by atoms with Crippen molar-refractivity contribution in [3.63, 3.8) is 0 Å². The Hall–Kier alpha value is -1.39. The van der Waals surface area contributed by atoms with Crippen molar-refractivity contribution < 1.29 is 9.53 Å². The van der Waals surface area contributed by atoms with Gasteiger partial charge in [0.2, 0.25) is 5.91 Å². The van der Waals surface area contributed by atoms with Crippen LogP contribution in [-0.4, -0.2) is 37.6 Å². The number of carbonyl (C=O) groups is 1. The van der Waals surface area contributed by atoms with Gasteiger partial charge in [0.05, 0.1) is 0 Å². The van der Waals surface area contributed by atoms with Crippen molar-refractivity contribution in [2.45, 2.75) is 18.9 Å². The molecule has 0 aromatic heterocycles. The van der Waals surface area contributed by atoms with Crippen molar-refractivity contribution in [3.05, 3.63) is 35.9 Å². The summed E-state index contributed by atoms with van der Waals surface area (Å²) in [6, 6.07) is 8.95. The number of ether oxygens (including phenoxy) is 1. The minimum atomic E-state index is -0.564. The zero-order valence-electron chi connectivity index (χ0n) is 11.4. The molecule has 2 N–H and O–H groups in total. The Morgan fingerprint density at radius 3 is 2.63 bits per heavy atom. The van der Waals surface area contributed by atoms with Crippen LogP contribution in [0.4, 0.5) is 0 Å². The number of nitrogens with two attached hydrogens (primary N) is 1. The van der Waals surface area contributed by atoms with E-state index in [0.29, 0.717) is 5.92 Å². The van der Waals surface area contributed by atoms with E-state index >= 15 is 0 Å². The van der Waals surface area contributed by atoms with Gasteiger partial charge in [-0.05, 0) is 24.3 Å². The van der Waals surface area contributed by atoms with Gasteiger partial charge >= 0.3 is 0 Å². The van der Waals surface area contributed by atoms with E-state index in [-0.39, 0.29) is 5.91 Å². The first-order valence-corrected chi connectivity index (χ1v) is 6.81. The van der Waals surface area contributed by atoms with Crippen LogP contribution in [0, 0.1) is 5.92 Å². The molecule has 1 aliphatic rings. The predicted octanol–water partition coefficient (Wildman–Crippen LogP) is 1.57. The molecule has 0 saturated carbocycles. The van der Waals surface area contributed by atoms with Gasteiger partial charge in [0, 0.05) is 26.8 Å². The molecule has 1 atom stereocenters. The van der Waals surface area contributed by atoms with Gasteiger partial charge in [0.25, 0.3) is 0 Å². The average Bonchev–Trinajstić information content (AvgIpc) is 2.47. The normalized spacial score (nSPS) is 18.0. The van der Waals surface area contributed by atoms with E-state index in [2.05, 4.69) is 0 Å². The molecule has 1 heterocycles. The van der Waals surface area contributed by atoms with Crippen molar-refractivity contribution in [2.24, 2.45) is 11.7 Å². The van der Waals surface area contributed by atoms with Gasteiger partial charge in [-0.3, -0.25) is 4.79 Å². The summed E-state index contributed by atoms with van der Waals surface area (Å²) in [7, 11) is 1.83. The SMILES string of the molecule is CN(CC1CCOCC1)C(=O)[C@H](N)c1ccccc1. The monoisotopic (exact) mass is 262 g/mol. The second kappa shape index (κ2) is 6.68. The van der Waals surface area contributed by atoms with E-state index in [1.165, 1.54) is 0 Å². The Morgan fingerprint density at radius 2 is 2.00 bits per heavy atom. The van der Waals surface area contributed by atoms with Crippen LogP contribution < -0.4 is 5.73 Å². The lowest BCUT2D eigenvalue weighted by Crippen LogP contribution is -2.39. The highest BCUT2D eigenvalue weighted by Crippen LogP contribution is 2.18. The Labute approximate surface area is 114 Å². The molecule has 0 bridgehead atoms. The molecule has 1 aliphatic heterocycles. The summed E-state index contributed by atoms with van der Waals surface area (Å²) < 4.78 is 5.33. The molecule has 19 heavy (non-hydrogen) atoms. The maximum atomic E-state index is 12.3. The lowest BCUT2D eigenvalue weighted by atomic mass is 9.99. The lowest BCUT2D eigenvalue weighted by Gasteiger charge is -2.28. The third-order valence-corrected chi connectivity index (χ3v) is 3.67. The molecular weight excluding hydrogens is 240 g/mol. The summed E-state index contributed by atoms with van der Waals surface area (Å²) in [5.41, 5.74) is 6.90. The first-order chi connectivity index (χ1) is 9.18. The summed E-state index contributed by atoms with van der Waals surface area (Å²) >= 11 is 0. The third-order valence-electron chi connectivity index (χ3n) is 3.67. The summed E-state index contributed by atoms with van der Waals surface area (Å²) in [6.45, 7) is 2.37. The Bertz CT molecular complexity index is 402. The van der Waals surface area contributed by atoms with Gasteiger partial charge in [0.15, 0.2) is 0 Å². The number of amides is 1. The van der Waals surface area contributed by atoms with Crippen LogP contribution in [0.2, 0.25) is 0 Å². The van der Waals surface area contributed by atoms with E-state index in [0.717, 1.165) is 38.2 Å². The maximum absolute atomic E-state index is 12.3. The molecule has 4 heteroatoms. The summed E-state index contributed by atoms with van der Waals surface area (Å²) in [6.07, 6.45) is 2.05. The van der Waals surface area contributed by atoms with Gasteiger partial charge in [-0.15, -0.1) is 0 Å². The Balaban J connectivity index is 1.91.